The number of nitrogens with two attached hydrogens (primary N) is 1. The number of nitriles is 1. The Morgan fingerprint density at radius 3 is 3.00 bits per heavy atom. The van der Waals surface area contributed by atoms with Crippen LogP contribution in [-0.2, 0) is 0 Å². The lowest BCUT2D eigenvalue weighted by molar-refractivity contribution is 0.500. The molecule has 1 atom stereocenters. The van der Waals surface area contributed by atoms with Crippen LogP contribution in [0.4, 0.5) is 16.0 Å². The minimum atomic E-state index is -0.478. The molecule has 0 radical (unpaired) electrons. The van der Waals surface area contributed by atoms with E-state index in [1.165, 1.54) is 6.07 Å². The van der Waals surface area contributed by atoms with Gasteiger partial charge in [-0.1, -0.05) is 6.07 Å². The second-order valence-corrected chi connectivity index (χ2v) is 5.37. The smallest absolute Gasteiger partial charge is 0.220 e. The van der Waals surface area contributed by atoms with Crippen molar-refractivity contribution in [2.45, 2.75) is 18.8 Å². The summed E-state index contributed by atoms with van der Waals surface area (Å²) in [5, 5.41) is 9.20. The zero-order chi connectivity index (χ0) is 15.5. The monoisotopic (exact) mass is 297 g/mol. The average molecular weight is 297 g/mol. The van der Waals surface area contributed by atoms with Crippen LogP contribution in [0.15, 0.2) is 30.5 Å². The summed E-state index contributed by atoms with van der Waals surface area (Å²) in [5.74, 6) is -0.0136. The van der Waals surface area contributed by atoms with Gasteiger partial charge in [0.25, 0.3) is 0 Å². The first-order chi connectivity index (χ1) is 10.7. The quantitative estimate of drug-likeness (QED) is 0.921. The number of nitrogen functional groups attached to an aromatic ring is 1. The number of anilines is 2. The molecule has 1 aliphatic heterocycles. The van der Waals surface area contributed by atoms with Crippen LogP contribution in [0.3, 0.4) is 0 Å². The molecule has 112 valence electrons. The number of piperidine rings is 1. The number of hydrogen-bond acceptors (Lipinski definition) is 5. The second-order valence-electron chi connectivity index (χ2n) is 5.37. The molecule has 1 saturated heterocycles. The third-order valence-electron chi connectivity index (χ3n) is 3.98. The SMILES string of the molecule is N#Cc1c(F)cccc1N1CCCC(c2ccnc(N)n2)C1. The van der Waals surface area contributed by atoms with Gasteiger partial charge in [-0.15, -0.1) is 0 Å². The Hall–Kier alpha value is -2.68. The summed E-state index contributed by atoms with van der Waals surface area (Å²) in [6, 6.07) is 8.57. The molecule has 2 aromatic rings. The Kier molecular flexibility index (Phi) is 3.88. The fraction of sp³-hybridized carbons (Fsp3) is 0.312. The van der Waals surface area contributed by atoms with Gasteiger partial charge in [-0.3, -0.25) is 0 Å². The van der Waals surface area contributed by atoms with Crippen molar-refractivity contribution in [3.05, 3.63) is 47.5 Å². The molecule has 1 aromatic heterocycles. The molecule has 6 heteroatoms. The first kappa shape index (κ1) is 14.3. The average Bonchev–Trinajstić information content (AvgIpc) is 2.55. The number of hydrogen-bond donors (Lipinski definition) is 1. The standard InChI is InChI=1S/C16H16FN5/c17-13-4-1-5-15(12(13)9-18)22-8-2-3-11(10-22)14-6-7-20-16(19)21-14/h1,4-7,11H,2-3,8,10H2,(H2,19,20,21). The van der Waals surface area contributed by atoms with E-state index in [9.17, 15) is 9.65 Å². The van der Waals surface area contributed by atoms with Gasteiger partial charge in [0.05, 0.1) is 11.4 Å². The van der Waals surface area contributed by atoms with Crippen LogP contribution in [0.2, 0.25) is 0 Å². The zero-order valence-corrected chi connectivity index (χ0v) is 12.0. The maximum atomic E-state index is 13.8. The molecule has 1 fully saturated rings. The molecule has 1 aliphatic rings. The molecule has 0 bridgehead atoms. The van der Waals surface area contributed by atoms with Gasteiger partial charge in [0.2, 0.25) is 5.95 Å². The summed E-state index contributed by atoms with van der Waals surface area (Å²) in [6.45, 7) is 1.49. The molecule has 0 aliphatic carbocycles. The summed E-state index contributed by atoms with van der Waals surface area (Å²) in [4.78, 5) is 10.2. The first-order valence-corrected chi connectivity index (χ1v) is 7.21. The molecule has 1 unspecified atom stereocenters. The Morgan fingerprint density at radius 1 is 1.36 bits per heavy atom. The zero-order valence-electron chi connectivity index (χ0n) is 12.0. The number of halogens is 1. The van der Waals surface area contributed by atoms with Crippen molar-refractivity contribution in [1.29, 1.82) is 5.26 Å². The first-order valence-electron chi connectivity index (χ1n) is 7.21. The van der Waals surface area contributed by atoms with Gasteiger partial charge in [-0.2, -0.15) is 5.26 Å². The highest BCUT2D eigenvalue weighted by Crippen LogP contribution is 2.31. The molecule has 0 saturated carbocycles. The van der Waals surface area contributed by atoms with E-state index in [-0.39, 0.29) is 17.4 Å². The van der Waals surface area contributed by atoms with E-state index in [0.29, 0.717) is 12.2 Å². The number of aromatic nitrogens is 2. The van der Waals surface area contributed by atoms with Crippen LogP contribution in [0.1, 0.15) is 30.0 Å². The maximum absolute atomic E-state index is 13.8. The van der Waals surface area contributed by atoms with Crippen molar-refractivity contribution in [3.63, 3.8) is 0 Å². The van der Waals surface area contributed by atoms with Gasteiger partial charge in [-0.05, 0) is 31.0 Å². The van der Waals surface area contributed by atoms with E-state index < -0.39 is 5.82 Å². The fourth-order valence-corrected chi connectivity index (χ4v) is 2.94. The summed E-state index contributed by atoms with van der Waals surface area (Å²) >= 11 is 0. The molecule has 0 amide bonds. The minimum absolute atomic E-state index is 0.102. The predicted molar refractivity (Wildman–Crippen MR) is 81.7 cm³/mol. The molecule has 2 heterocycles. The lowest BCUT2D eigenvalue weighted by Crippen LogP contribution is -2.35. The molecule has 2 N–H and O–H groups in total. The van der Waals surface area contributed by atoms with E-state index >= 15 is 0 Å². The van der Waals surface area contributed by atoms with Crippen molar-refractivity contribution in [1.82, 2.24) is 9.97 Å². The summed E-state index contributed by atoms with van der Waals surface area (Å²) in [7, 11) is 0. The van der Waals surface area contributed by atoms with Crippen molar-refractivity contribution in [2.75, 3.05) is 23.7 Å². The van der Waals surface area contributed by atoms with Crippen LogP contribution >= 0.6 is 0 Å². The molecule has 1 aromatic carbocycles. The van der Waals surface area contributed by atoms with Gasteiger partial charge in [0, 0.05) is 25.2 Å². The van der Waals surface area contributed by atoms with Gasteiger partial charge in [-0.25, -0.2) is 14.4 Å². The van der Waals surface area contributed by atoms with Crippen LogP contribution in [0.25, 0.3) is 0 Å². The van der Waals surface area contributed by atoms with Crippen LogP contribution in [0, 0.1) is 17.1 Å². The highest BCUT2D eigenvalue weighted by atomic mass is 19.1. The fourth-order valence-electron chi connectivity index (χ4n) is 2.94. The van der Waals surface area contributed by atoms with E-state index in [1.54, 1.807) is 18.3 Å². The summed E-state index contributed by atoms with van der Waals surface area (Å²) in [5.41, 5.74) is 7.29. The van der Waals surface area contributed by atoms with Crippen molar-refractivity contribution >= 4 is 11.6 Å². The lowest BCUT2D eigenvalue weighted by atomic mass is 9.93. The molecule has 3 rings (SSSR count). The number of benzene rings is 1. The highest BCUT2D eigenvalue weighted by Gasteiger charge is 2.25. The third kappa shape index (κ3) is 2.70. The number of nitrogens with zero attached hydrogens (tertiary/aromatic N) is 4. The molecular weight excluding hydrogens is 281 g/mol. The third-order valence-corrected chi connectivity index (χ3v) is 3.98. The summed E-state index contributed by atoms with van der Waals surface area (Å²) in [6.07, 6.45) is 3.60. The Balaban J connectivity index is 1.88. The van der Waals surface area contributed by atoms with E-state index in [2.05, 4.69) is 9.97 Å². The van der Waals surface area contributed by atoms with Crippen LogP contribution < -0.4 is 10.6 Å². The Bertz CT molecular complexity index is 725. The normalized spacial score (nSPS) is 18.0. The Labute approximate surface area is 128 Å². The number of rotatable bonds is 2. The topological polar surface area (TPSA) is 78.8 Å². The minimum Gasteiger partial charge on any atom is -0.370 e. The molecular formula is C16H16FN5. The molecule has 22 heavy (non-hydrogen) atoms. The van der Waals surface area contributed by atoms with E-state index in [0.717, 1.165) is 25.1 Å². The largest absolute Gasteiger partial charge is 0.370 e. The van der Waals surface area contributed by atoms with Gasteiger partial charge in [0.1, 0.15) is 17.4 Å². The van der Waals surface area contributed by atoms with Crippen molar-refractivity contribution in [2.24, 2.45) is 0 Å². The van der Waals surface area contributed by atoms with Gasteiger partial charge >= 0.3 is 0 Å². The summed E-state index contributed by atoms with van der Waals surface area (Å²) < 4.78 is 13.8. The van der Waals surface area contributed by atoms with Crippen LogP contribution in [-0.4, -0.2) is 23.1 Å². The maximum Gasteiger partial charge on any atom is 0.220 e. The second kappa shape index (κ2) is 5.98. The van der Waals surface area contributed by atoms with Gasteiger partial charge in [0.15, 0.2) is 0 Å². The predicted octanol–water partition coefficient (Wildman–Crippen LogP) is 2.45. The van der Waals surface area contributed by atoms with Crippen molar-refractivity contribution < 1.29 is 4.39 Å². The van der Waals surface area contributed by atoms with Crippen LogP contribution in [0.5, 0.6) is 0 Å². The van der Waals surface area contributed by atoms with E-state index in [4.69, 9.17) is 5.73 Å². The van der Waals surface area contributed by atoms with E-state index in [1.807, 2.05) is 17.0 Å². The lowest BCUT2D eigenvalue weighted by Gasteiger charge is -2.34. The van der Waals surface area contributed by atoms with Gasteiger partial charge < -0.3 is 10.6 Å². The molecule has 5 nitrogen and oxygen atoms in total. The van der Waals surface area contributed by atoms with Crippen molar-refractivity contribution in [3.8, 4) is 6.07 Å². The highest BCUT2D eigenvalue weighted by molar-refractivity contribution is 5.60. The Morgan fingerprint density at radius 2 is 2.23 bits per heavy atom. The molecule has 0 spiro atoms.